The van der Waals surface area contributed by atoms with Gasteiger partial charge in [0.25, 0.3) is 0 Å². The van der Waals surface area contributed by atoms with E-state index in [9.17, 15) is 18.7 Å². The third kappa shape index (κ3) is 5.84. The van der Waals surface area contributed by atoms with E-state index in [4.69, 9.17) is 5.73 Å². The number of hydrogen-bond acceptors (Lipinski definition) is 3. The molecule has 3 aromatic rings. The number of nitrogens with two attached hydrogens (primary N) is 1. The van der Waals surface area contributed by atoms with Crippen LogP contribution in [-0.4, -0.2) is 12.0 Å². The Morgan fingerprint density at radius 1 is 0.966 bits per heavy atom. The molecule has 0 radical (unpaired) electrons. The molecular formula is C23H18F2NNaO2. The summed E-state index contributed by atoms with van der Waals surface area (Å²) in [5.74, 6) is -2.82. The molecule has 0 aliphatic heterocycles. The summed E-state index contributed by atoms with van der Waals surface area (Å²) in [6.45, 7) is 0. The predicted molar refractivity (Wildman–Crippen MR) is 103 cm³/mol. The number of carbonyl (C=O) groups is 1. The topological polar surface area (TPSA) is 66.2 Å². The first-order chi connectivity index (χ1) is 13.5. The van der Waals surface area contributed by atoms with Crippen LogP contribution in [0.15, 0.2) is 78.9 Å². The summed E-state index contributed by atoms with van der Waals surface area (Å²) in [5, 5.41) is 10.9. The number of benzene rings is 3. The standard InChI is InChI=1S/C23H19F2NO2.Na/c24-18-10-11-20(21(25)14-18)19(12-13-22(26)23(27)28)17-8-6-16(7-9-17)15-4-2-1-3-5-15;/h1-12,14,22H,13,26H2,(H,27,28);/q;+1/p-1/b19-12-;. The molecule has 6 heteroatoms. The van der Waals surface area contributed by atoms with Crippen molar-refractivity contribution in [2.45, 2.75) is 12.5 Å². The van der Waals surface area contributed by atoms with Crippen molar-refractivity contribution in [3.05, 3.63) is 102 Å². The zero-order valence-electron chi connectivity index (χ0n) is 15.9. The van der Waals surface area contributed by atoms with Gasteiger partial charge in [0.2, 0.25) is 0 Å². The molecule has 0 amide bonds. The van der Waals surface area contributed by atoms with Crippen molar-refractivity contribution in [1.29, 1.82) is 0 Å². The van der Waals surface area contributed by atoms with Crippen LogP contribution in [-0.2, 0) is 4.79 Å². The molecule has 3 rings (SSSR count). The van der Waals surface area contributed by atoms with Crippen molar-refractivity contribution >= 4 is 11.5 Å². The fourth-order valence-electron chi connectivity index (χ4n) is 2.91. The first kappa shape index (κ1) is 23.0. The summed E-state index contributed by atoms with van der Waals surface area (Å²) in [6, 6.07) is 19.2. The van der Waals surface area contributed by atoms with E-state index in [0.29, 0.717) is 11.1 Å². The predicted octanol–water partition coefficient (Wildman–Crippen LogP) is 0.535. The molecule has 142 valence electrons. The van der Waals surface area contributed by atoms with Gasteiger partial charge in [-0.15, -0.1) is 0 Å². The molecule has 0 aliphatic carbocycles. The molecule has 2 N–H and O–H groups in total. The van der Waals surface area contributed by atoms with Crippen LogP contribution in [0.5, 0.6) is 0 Å². The fraction of sp³-hybridized carbons (Fsp3) is 0.0870. The van der Waals surface area contributed by atoms with E-state index in [1.54, 1.807) is 0 Å². The van der Waals surface area contributed by atoms with Gasteiger partial charge in [0.1, 0.15) is 11.6 Å². The van der Waals surface area contributed by atoms with Crippen molar-refractivity contribution in [3.8, 4) is 11.1 Å². The zero-order chi connectivity index (χ0) is 20.1. The fourth-order valence-corrected chi connectivity index (χ4v) is 2.91. The summed E-state index contributed by atoms with van der Waals surface area (Å²) in [7, 11) is 0. The van der Waals surface area contributed by atoms with Gasteiger partial charge in [-0.1, -0.05) is 60.7 Å². The number of halogens is 2. The Kier molecular flexibility index (Phi) is 8.29. The van der Waals surface area contributed by atoms with E-state index < -0.39 is 23.6 Å². The van der Waals surface area contributed by atoms with Crippen LogP contribution in [0.4, 0.5) is 8.78 Å². The van der Waals surface area contributed by atoms with Gasteiger partial charge in [0.05, 0.1) is 5.97 Å². The Balaban J connectivity index is 0.00000300. The van der Waals surface area contributed by atoms with Crippen molar-refractivity contribution in [2.75, 3.05) is 0 Å². The maximum absolute atomic E-state index is 14.4. The van der Waals surface area contributed by atoms with Gasteiger partial charge >= 0.3 is 29.6 Å². The number of aliphatic carboxylic acids is 1. The Morgan fingerprint density at radius 3 is 2.17 bits per heavy atom. The average molecular weight is 401 g/mol. The second-order valence-corrected chi connectivity index (χ2v) is 6.35. The van der Waals surface area contributed by atoms with E-state index in [1.807, 2.05) is 54.6 Å². The van der Waals surface area contributed by atoms with Gasteiger partial charge < -0.3 is 15.6 Å². The van der Waals surface area contributed by atoms with Crippen LogP contribution in [0.1, 0.15) is 17.5 Å². The van der Waals surface area contributed by atoms with Crippen LogP contribution in [0.25, 0.3) is 16.7 Å². The molecule has 29 heavy (non-hydrogen) atoms. The Labute approximate surface area is 190 Å². The minimum Gasteiger partial charge on any atom is -0.548 e. The molecule has 1 atom stereocenters. The van der Waals surface area contributed by atoms with Crippen LogP contribution >= 0.6 is 0 Å². The van der Waals surface area contributed by atoms with E-state index >= 15 is 0 Å². The molecule has 0 saturated carbocycles. The molecule has 0 heterocycles. The summed E-state index contributed by atoms with van der Waals surface area (Å²) >= 11 is 0. The normalized spacial score (nSPS) is 12.2. The van der Waals surface area contributed by atoms with Crippen LogP contribution in [0.2, 0.25) is 0 Å². The quantitative estimate of drug-likeness (QED) is 0.613. The van der Waals surface area contributed by atoms with Gasteiger partial charge in [0.15, 0.2) is 0 Å². The third-order valence-corrected chi connectivity index (χ3v) is 4.40. The maximum Gasteiger partial charge on any atom is 1.00 e. The monoisotopic (exact) mass is 401 g/mol. The van der Waals surface area contributed by atoms with Crippen molar-refractivity contribution in [3.63, 3.8) is 0 Å². The first-order valence-corrected chi connectivity index (χ1v) is 8.73. The largest absolute Gasteiger partial charge is 1.00 e. The molecule has 0 bridgehead atoms. The Hall–Kier alpha value is -2.31. The first-order valence-electron chi connectivity index (χ1n) is 8.73. The van der Waals surface area contributed by atoms with Crippen LogP contribution in [0.3, 0.4) is 0 Å². The molecular weight excluding hydrogens is 383 g/mol. The molecule has 3 aromatic carbocycles. The molecule has 0 aliphatic rings. The van der Waals surface area contributed by atoms with Crippen LogP contribution < -0.4 is 40.4 Å². The number of rotatable bonds is 6. The van der Waals surface area contributed by atoms with E-state index in [-0.39, 0.29) is 41.5 Å². The van der Waals surface area contributed by atoms with Gasteiger partial charge in [-0.05, 0) is 40.8 Å². The van der Waals surface area contributed by atoms with Crippen molar-refractivity contribution in [2.24, 2.45) is 5.73 Å². The molecule has 0 saturated heterocycles. The molecule has 0 spiro atoms. The number of carbonyl (C=O) groups excluding carboxylic acids is 1. The molecule has 0 aromatic heterocycles. The summed E-state index contributed by atoms with van der Waals surface area (Å²) in [5.41, 5.74) is 8.81. The summed E-state index contributed by atoms with van der Waals surface area (Å²) < 4.78 is 27.7. The Bertz CT molecular complexity index is 1010. The van der Waals surface area contributed by atoms with E-state index in [0.717, 1.165) is 23.3 Å². The number of carboxylic acids is 1. The second kappa shape index (κ2) is 10.5. The van der Waals surface area contributed by atoms with Crippen LogP contribution in [0, 0.1) is 11.6 Å². The van der Waals surface area contributed by atoms with Gasteiger partial charge in [-0.3, -0.25) is 0 Å². The summed E-state index contributed by atoms with van der Waals surface area (Å²) in [6.07, 6.45) is 1.49. The third-order valence-electron chi connectivity index (χ3n) is 4.40. The van der Waals surface area contributed by atoms with Crippen molar-refractivity contribution in [1.82, 2.24) is 0 Å². The van der Waals surface area contributed by atoms with E-state index in [2.05, 4.69) is 0 Å². The molecule has 3 nitrogen and oxygen atoms in total. The molecule has 1 unspecified atom stereocenters. The number of carboxylic acid groups (broad SMARTS) is 1. The summed E-state index contributed by atoms with van der Waals surface area (Å²) in [4.78, 5) is 10.9. The van der Waals surface area contributed by atoms with Gasteiger partial charge in [-0.2, -0.15) is 0 Å². The SMILES string of the molecule is NC(C/C=C(/c1ccc(-c2ccccc2)cc1)c1ccc(F)cc1F)C(=O)[O-].[Na+]. The zero-order valence-corrected chi connectivity index (χ0v) is 17.9. The minimum absolute atomic E-state index is 0. The number of hydrogen-bond donors (Lipinski definition) is 1. The van der Waals surface area contributed by atoms with Crippen molar-refractivity contribution < 1.29 is 48.2 Å². The second-order valence-electron chi connectivity index (χ2n) is 6.35. The van der Waals surface area contributed by atoms with E-state index in [1.165, 1.54) is 12.1 Å². The Morgan fingerprint density at radius 2 is 1.59 bits per heavy atom. The maximum atomic E-state index is 14.4. The molecule has 0 fully saturated rings. The smallest absolute Gasteiger partial charge is 0.548 e. The minimum atomic E-state index is -1.39. The average Bonchev–Trinajstić information content (AvgIpc) is 2.70. The van der Waals surface area contributed by atoms with Gasteiger partial charge in [-0.25, -0.2) is 8.78 Å². The van der Waals surface area contributed by atoms with Gasteiger partial charge in [0, 0.05) is 17.7 Å².